The van der Waals surface area contributed by atoms with Gasteiger partial charge in [0.05, 0.1) is 5.38 Å². The van der Waals surface area contributed by atoms with Crippen molar-refractivity contribution in [3.8, 4) is 0 Å². The van der Waals surface area contributed by atoms with Gasteiger partial charge in [-0.2, -0.15) is 0 Å². The molecule has 1 unspecified atom stereocenters. The zero-order valence-corrected chi connectivity index (χ0v) is 14.1. The van der Waals surface area contributed by atoms with Crippen LogP contribution >= 0.6 is 27.5 Å². The van der Waals surface area contributed by atoms with Crippen LogP contribution in [0.25, 0.3) is 0 Å². The van der Waals surface area contributed by atoms with Crippen molar-refractivity contribution in [2.45, 2.75) is 33.1 Å². The van der Waals surface area contributed by atoms with Crippen LogP contribution in [-0.2, 0) is 0 Å². The molecule has 2 rings (SSSR count). The molecule has 0 nitrogen and oxygen atoms in total. The molecule has 1 atom stereocenters. The van der Waals surface area contributed by atoms with E-state index in [0.29, 0.717) is 0 Å². The fourth-order valence-electron chi connectivity index (χ4n) is 2.28. The van der Waals surface area contributed by atoms with Crippen molar-refractivity contribution >= 4 is 27.5 Å². The summed E-state index contributed by atoms with van der Waals surface area (Å²) in [5, 5.41) is -0.0910. The van der Waals surface area contributed by atoms with Crippen LogP contribution in [0.2, 0.25) is 0 Å². The van der Waals surface area contributed by atoms with Crippen molar-refractivity contribution in [2.75, 3.05) is 0 Å². The first-order valence-corrected chi connectivity index (χ1v) is 7.61. The van der Waals surface area contributed by atoms with E-state index in [0.717, 1.165) is 4.47 Å². The molecular formula is C17H18BrCl. The highest BCUT2D eigenvalue weighted by Crippen LogP contribution is 2.35. The highest BCUT2D eigenvalue weighted by atomic mass is 79.9. The Balaban J connectivity index is 2.52. The Bertz CT molecular complexity index is 617. The lowest BCUT2D eigenvalue weighted by molar-refractivity contribution is 1.07. The number of halogens is 2. The molecule has 0 heterocycles. The van der Waals surface area contributed by atoms with Crippen LogP contribution < -0.4 is 0 Å². The molecule has 0 amide bonds. The van der Waals surface area contributed by atoms with Crippen molar-refractivity contribution in [2.24, 2.45) is 0 Å². The maximum atomic E-state index is 6.72. The summed E-state index contributed by atoms with van der Waals surface area (Å²) in [4.78, 5) is 0. The number of rotatable bonds is 2. The van der Waals surface area contributed by atoms with Crippen molar-refractivity contribution in [3.63, 3.8) is 0 Å². The van der Waals surface area contributed by atoms with Crippen molar-refractivity contribution < 1.29 is 0 Å². The summed E-state index contributed by atoms with van der Waals surface area (Å²) in [5.74, 6) is 0. The minimum absolute atomic E-state index is 0.0910. The van der Waals surface area contributed by atoms with E-state index in [-0.39, 0.29) is 5.38 Å². The number of alkyl halides is 1. The molecule has 0 fully saturated rings. The molecule has 2 aromatic carbocycles. The minimum atomic E-state index is -0.0910. The van der Waals surface area contributed by atoms with Gasteiger partial charge in [-0.05, 0) is 61.6 Å². The van der Waals surface area contributed by atoms with Crippen LogP contribution in [0.4, 0.5) is 0 Å². The van der Waals surface area contributed by atoms with E-state index in [1.807, 2.05) is 0 Å². The van der Waals surface area contributed by atoms with Crippen LogP contribution in [0.1, 0.15) is 38.8 Å². The summed E-state index contributed by atoms with van der Waals surface area (Å²) < 4.78 is 1.14. The van der Waals surface area contributed by atoms with Gasteiger partial charge in [-0.15, -0.1) is 11.6 Å². The number of hydrogen-bond donors (Lipinski definition) is 0. The average Bonchev–Trinajstić information content (AvgIpc) is 2.36. The Morgan fingerprint density at radius 2 is 1.47 bits per heavy atom. The largest absolute Gasteiger partial charge is 0.113 e. The molecule has 0 bridgehead atoms. The summed E-state index contributed by atoms with van der Waals surface area (Å²) in [6.45, 7) is 8.43. The second kappa shape index (κ2) is 5.68. The molecule has 0 aliphatic rings. The van der Waals surface area contributed by atoms with Gasteiger partial charge < -0.3 is 0 Å². The van der Waals surface area contributed by atoms with E-state index in [1.165, 1.54) is 33.4 Å². The Kier molecular flexibility index (Phi) is 4.37. The fourth-order valence-corrected chi connectivity index (χ4v) is 3.20. The molecule has 2 aromatic rings. The quantitative estimate of drug-likeness (QED) is 0.589. The molecule has 0 aliphatic heterocycles. The third-order valence-electron chi connectivity index (χ3n) is 3.53. The van der Waals surface area contributed by atoms with Crippen LogP contribution in [0, 0.1) is 27.7 Å². The van der Waals surface area contributed by atoms with Gasteiger partial charge in [-0.25, -0.2) is 0 Å². The van der Waals surface area contributed by atoms with E-state index < -0.39 is 0 Å². The molecule has 0 aliphatic carbocycles. The monoisotopic (exact) mass is 336 g/mol. The molecule has 0 aromatic heterocycles. The van der Waals surface area contributed by atoms with E-state index in [4.69, 9.17) is 11.6 Å². The number of aryl methyl sites for hydroxylation is 4. The Labute approximate surface area is 128 Å². The first kappa shape index (κ1) is 14.6. The maximum Gasteiger partial charge on any atom is 0.0840 e. The van der Waals surface area contributed by atoms with E-state index in [9.17, 15) is 0 Å². The predicted molar refractivity (Wildman–Crippen MR) is 87.2 cm³/mol. The normalized spacial score (nSPS) is 12.5. The molecule has 0 spiro atoms. The average molecular weight is 338 g/mol. The zero-order chi connectivity index (χ0) is 14.2. The van der Waals surface area contributed by atoms with Gasteiger partial charge in [0.25, 0.3) is 0 Å². The Morgan fingerprint density at radius 3 is 2.16 bits per heavy atom. The van der Waals surface area contributed by atoms with Crippen LogP contribution in [0.15, 0.2) is 34.8 Å². The first-order valence-electron chi connectivity index (χ1n) is 6.38. The van der Waals surface area contributed by atoms with Crippen LogP contribution in [0.5, 0.6) is 0 Å². The topological polar surface area (TPSA) is 0 Å². The van der Waals surface area contributed by atoms with E-state index in [2.05, 4.69) is 74.0 Å². The van der Waals surface area contributed by atoms with Crippen LogP contribution in [-0.4, -0.2) is 0 Å². The third-order valence-corrected chi connectivity index (χ3v) is 4.85. The molecule has 2 heteroatoms. The Hall–Kier alpha value is -0.790. The first-order chi connectivity index (χ1) is 8.90. The summed E-state index contributed by atoms with van der Waals surface area (Å²) in [5.41, 5.74) is 7.32. The second-order valence-electron chi connectivity index (χ2n) is 5.18. The van der Waals surface area contributed by atoms with Crippen molar-refractivity contribution in [3.05, 3.63) is 68.2 Å². The van der Waals surface area contributed by atoms with E-state index in [1.54, 1.807) is 0 Å². The lowest BCUT2D eigenvalue weighted by Gasteiger charge is -2.17. The Morgan fingerprint density at radius 1 is 0.842 bits per heavy atom. The third kappa shape index (κ3) is 3.04. The van der Waals surface area contributed by atoms with Gasteiger partial charge in [0, 0.05) is 4.47 Å². The molecule has 0 saturated carbocycles. The van der Waals surface area contributed by atoms with Gasteiger partial charge in [0.15, 0.2) is 0 Å². The second-order valence-corrected chi connectivity index (χ2v) is 6.47. The minimum Gasteiger partial charge on any atom is -0.113 e. The fraction of sp³-hybridized carbons (Fsp3) is 0.294. The highest BCUT2D eigenvalue weighted by molar-refractivity contribution is 9.10. The van der Waals surface area contributed by atoms with Gasteiger partial charge in [-0.1, -0.05) is 45.8 Å². The van der Waals surface area contributed by atoms with Crippen molar-refractivity contribution in [1.82, 2.24) is 0 Å². The summed E-state index contributed by atoms with van der Waals surface area (Å²) in [6, 6.07) is 10.8. The molecule has 0 N–H and O–H groups in total. The standard InChI is InChI=1S/C17H18BrCl/c1-10-5-6-11(2)14(7-10)17(19)15-8-13(4)16(18)9-12(15)3/h5-9,17H,1-4H3. The maximum absolute atomic E-state index is 6.72. The number of hydrogen-bond acceptors (Lipinski definition) is 0. The molecule has 0 radical (unpaired) electrons. The van der Waals surface area contributed by atoms with Crippen molar-refractivity contribution in [1.29, 1.82) is 0 Å². The SMILES string of the molecule is Cc1ccc(C)c(C(Cl)c2cc(C)c(Br)cc2C)c1. The smallest absolute Gasteiger partial charge is 0.0840 e. The summed E-state index contributed by atoms with van der Waals surface area (Å²) in [6.07, 6.45) is 0. The van der Waals surface area contributed by atoms with Crippen LogP contribution in [0.3, 0.4) is 0 Å². The highest BCUT2D eigenvalue weighted by Gasteiger charge is 2.16. The summed E-state index contributed by atoms with van der Waals surface area (Å²) >= 11 is 10.3. The zero-order valence-electron chi connectivity index (χ0n) is 11.7. The van der Waals surface area contributed by atoms with Gasteiger partial charge in [-0.3, -0.25) is 0 Å². The molecular weight excluding hydrogens is 320 g/mol. The van der Waals surface area contributed by atoms with Gasteiger partial charge in [0.1, 0.15) is 0 Å². The predicted octanol–water partition coefficient (Wildman–Crippen LogP) is 6.01. The molecule has 100 valence electrons. The number of benzene rings is 2. The summed E-state index contributed by atoms with van der Waals surface area (Å²) in [7, 11) is 0. The molecule has 19 heavy (non-hydrogen) atoms. The lowest BCUT2D eigenvalue weighted by atomic mass is 9.94. The van der Waals surface area contributed by atoms with Gasteiger partial charge >= 0.3 is 0 Å². The molecule has 0 saturated heterocycles. The lowest BCUT2D eigenvalue weighted by Crippen LogP contribution is -2.00. The van der Waals surface area contributed by atoms with Gasteiger partial charge in [0.2, 0.25) is 0 Å². The van der Waals surface area contributed by atoms with E-state index >= 15 is 0 Å².